The lowest BCUT2D eigenvalue weighted by atomic mass is 9.97. The predicted molar refractivity (Wildman–Crippen MR) is 120 cm³/mol. The van der Waals surface area contributed by atoms with Crippen LogP contribution in [0.4, 0.5) is 14.7 Å². The summed E-state index contributed by atoms with van der Waals surface area (Å²) in [5.41, 5.74) is 3.18. The molecule has 31 heavy (non-hydrogen) atoms. The lowest BCUT2D eigenvalue weighted by molar-refractivity contribution is 0.599. The molecule has 0 fully saturated rings. The molecule has 0 saturated carbocycles. The fourth-order valence-corrected chi connectivity index (χ4v) is 3.33. The summed E-state index contributed by atoms with van der Waals surface area (Å²) in [6.45, 7) is 3.88. The maximum absolute atomic E-state index is 13.5. The van der Waals surface area contributed by atoms with Crippen molar-refractivity contribution in [3.05, 3.63) is 77.0 Å². The maximum atomic E-state index is 13.5. The third-order valence-corrected chi connectivity index (χ3v) is 5.88. The van der Waals surface area contributed by atoms with Gasteiger partial charge in [-0.2, -0.15) is 0 Å². The van der Waals surface area contributed by atoms with Crippen LogP contribution in [0.5, 0.6) is 0 Å². The molecule has 0 aliphatic heterocycles. The van der Waals surface area contributed by atoms with Crippen LogP contribution in [0.1, 0.15) is 36.6 Å². The second-order valence-electron chi connectivity index (χ2n) is 7.45. The van der Waals surface area contributed by atoms with Gasteiger partial charge in [0.25, 0.3) is 0 Å². The topological polar surface area (TPSA) is 63.2 Å². The summed E-state index contributed by atoms with van der Waals surface area (Å²) < 4.78 is 51.9. The molecule has 3 aromatic rings. The molecule has 0 N–H and O–H groups in total. The van der Waals surface area contributed by atoms with Gasteiger partial charge in [0.1, 0.15) is 11.6 Å². The largest absolute Gasteiger partial charge is 0.241 e. The third kappa shape index (κ3) is 5.32. The molecule has 1 aromatic heterocycles. The summed E-state index contributed by atoms with van der Waals surface area (Å²) in [5, 5.41) is 0. The molecule has 8 heteroatoms. The average Bonchev–Trinajstić information content (AvgIpc) is 2.72. The monoisotopic (exact) mass is 443 g/mol. The summed E-state index contributed by atoms with van der Waals surface area (Å²) in [5.74, 6) is -0.742. The molecule has 5 nitrogen and oxygen atoms in total. The van der Waals surface area contributed by atoms with E-state index < -0.39 is 15.8 Å². The Kier molecular flexibility index (Phi) is 6.50. The van der Waals surface area contributed by atoms with Crippen molar-refractivity contribution in [3.63, 3.8) is 0 Å². The van der Waals surface area contributed by atoms with Gasteiger partial charge in [-0.15, -0.1) is 0 Å². The van der Waals surface area contributed by atoms with Crippen LogP contribution in [0.2, 0.25) is 0 Å². The molecule has 2 aromatic carbocycles. The van der Waals surface area contributed by atoms with E-state index in [0.717, 1.165) is 16.1 Å². The number of halogens is 2. The molecule has 0 aliphatic carbocycles. The number of nitrogens with zero attached hydrogens (tertiary/aromatic N) is 3. The third-order valence-electron chi connectivity index (χ3n) is 4.72. The van der Waals surface area contributed by atoms with E-state index in [-0.39, 0.29) is 17.7 Å². The molecule has 0 radical (unpaired) electrons. The Morgan fingerprint density at radius 1 is 0.903 bits per heavy atom. The van der Waals surface area contributed by atoms with Crippen molar-refractivity contribution in [2.45, 2.75) is 19.8 Å². The SMILES string of the molecule is CC(C)c1nc(N(C)S(C)(=O)=O)nc(-c2ccc(F)cc2)c1/C=C/c1ccc(F)cc1. The molecular weight excluding hydrogens is 420 g/mol. The van der Waals surface area contributed by atoms with Gasteiger partial charge in [0.2, 0.25) is 16.0 Å². The molecule has 0 bridgehead atoms. The van der Waals surface area contributed by atoms with Crippen LogP contribution in [-0.2, 0) is 10.0 Å². The molecular formula is C23H23F2N3O2S. The first-order valence-corrected chi connectivity index (χ1v) is 11.5. The van der Waals surface area contributed by atoms with Gasteiger partial charge in [-0.3, -0.25) is 0 Å². The van der Waals surface area contributed by atoms with Crippen LogP contribution in [0.3, 0.4) is 0 Å². The van der Waals surface area contributed by atoms with Crippen molar-refractivity contribution in [2.24, 2.45) is 0 Å². The predicted octanol–water partition coefficient (Wildman–Crippen LogP) is 5.11. The molecule has 0 spiro atoms. The van der Waals surface area contributed by atoms with Crippen molar-refractivity contribution in [3.8, 4) is 11.3 Å². The first-order chi connectivity index (χ1) is 14.6. The molecule has 0 aliphatic rings. The van der Waals surface area contributed by atoms with Gasteiger partial charge in [0.05, 0.1) is 17.6 Å². The number of hydrogen-bond donors (Lipinski definition) is 0. The second kappa shape index (κ2) is 8.93. The first-order valence-electron chi connectivity index (χ1n) is 9.61. The Morgan fingerprint density at radius 3 is 1.97 bits per heavy atom. The first kappa shape index (κ1) is 22.6. The Hall–Kier alpha value is -3.13. The Morgan fingerprint density at radius 2 is 1.45 bits per heavy atom. The fourth-order valence-electron chi connectivity index (χ4n) is 2.95. The number of aromatic nitrogens is 2. The maximum Gasteiger partial charge on any atom is 0.239 e. The number of rotatable bonds is 6. The zero-order chi connectivity index (χ0) is 22.8. The summed E-state index contributed by atoms with van der Waals surface area (Å²) in [4.78, 5) is 9.03. The highest BCUT2D eigenvalue weighted by molar-refractivity contribution is 7.92. The smallest absolute Gasteiger partial charge is 0.239 e. The lowest BCUT2D eigenvalue weighted by Crippen LogP contribution is -2.27. The number of sulfonamides is 1. The Labute approximate surface area is 181 Å². The zero-order valence-corrected chi connectivity index (χ0v) is 18.5. The highest BCUT2D eigenvalue weighted by atomic mass is 32.2. The molecule has 0 unspecified atom stereocenters. The van der Waals surface area contributed by atoms with Crippen molar-refractivity contribution in [1.82, 2.24) is 9.97 Å². The highest BCUT2D eigenvalue weighted by Crippen LogP contribution is 2.32. The van der Waals surface area contributed by atoms with Crippen LogP contribution in [-0.4, -0.2) is 31.7 Å². The van der Waals surface area contributed by atoms with Gasteiger partial charge in [-0.05, 0) is 47.9 Å². The van der Waals surface area contributed by atoms with E-state index >= 15 is 0 Å². The summed E-state index contributed by atoms with van der Waals surface area (Å²) >= 11 is 0. The van der Waals surface area contributed by atoms with Crippen LogP contribution in [0.25, 0.3) is 23.4 Å². The van der Waals surface area contributed by atoms with Crippen LogP contribution in [0, 0.1) is 11.6 Å². The second-order valence-corrected chi connectivity index (χ2v) is 9.46. The van der Waals surface area contributed by atoms with Crippen molar-refractivity contribution < 1.29 is 17.2 Å². The van der Waals surface area contributed by atoms with Gasteiger partial charge in [-0.25, -0.2) is 31.5 Å². The van der Waals surface area contributed by atoms with Gasteiger partial charge < -0.3 is 0 Å². The number of benzene rings is 2. The summed E-state index contributed by atoms with van der Waals surface area (Å²) in [6.07, 6.45) is 4.69. The van der Waals surface area contributed by atoms with E-state index in [1.807, 2.05) is 19.9 Å². The molecule has 0 amide bonds. The summed E-state index contributed by atoms with van der Waals surface area (Å²) in [6, 6.07) is 11.8. The standard InChI is InChI=1S/C23H23F2N3O2S/c1-15(2)21-20(14-7-16-5-10-18(24)11-6-16)22(17-8-12-19(25)13-9-17)27-23(26-21)28(3)31(4,29)30/h5-15H,1-4H3/b14-7+. The zero-order valence-electron chi connectivity index (χ0n) is 17.7. The van der Waals surface area contributed by atoms with Crippen LogP contribution < -0.4 is 4.31 Å². The van der Waals surface area contributed by atoms with Crippen molar-refractivity contribution in [1.29, 1.82) is 0 Å². The highest BCUT2D eigenvalue weighted by Gasteiger charge is 2.22. The normalized spacial score (nSPS) is 12.0. The van der Waals surface area contributed by atoms with E-state index in [9.17, 15) is 17.2 Å². The minimum absolute atomic E-state index is 0.0319. The van der Waals surface area contributed by atoms with E-state index in [0.29, 0.717) is 22.5 Å². The minimum Gasteiger partial charge on any atom is -0.241 e. The van der Waals surface area contributed by atoms with Crippen LogP contribution in [0.15, 0.2) is 48.5 Å². The minimum atomic E-state index is -3.58. The van der Waals surface area contributed by atoms with Gasteiger partial charge in [0.15, 0.2) is 0 Å². The molecule has 0 saturated heterocycles. The van der Waals surface area contributed by atoms with E-state index in [4.69, 9.17) is 0 Å². The van der Waals surface area contributed by atoms with E-state index in [2.05, 4.69) is 9.97 Å². The molecule has 0 atom stereocenters. The molecule has 162 valence electrons. The Bertz CT molecular complexity index is 1210. The summed E-state index contributed by atoms with van der Waals surface area (Å²) in [7, 11) is -2.20. The van der Waals surface area contributed by atoms with Crippen molar-refractivity contribution >= 4 is 28.1 Å². The quantitative estimate of drug-likeness (QED) is 0.531. The Balaban J connectivity index is 2.25. The van der Waals surface area contributed by atoms with Gasteiger partial charge in [-0.1, -0.05) is 38.1 Å². The van der Waals surface area contributed by atoms with Crippen molar-refractivity contribution in [2.75, 3.05) is 17.6 Å². The van der Waals surface area contributed by atoms with E-state index in [1.54, 1.807) is 30.3 Å². The lowest BCUT2D eigenvalue weighted by Gasteiger charge is -2.20. The fraction of sp³-hybridized carbons (Fsp3) is 0.217. The van der Waals surface area contributed by atoms with Gasteiger partial charge in [0, 0.05) is 18.2 Å². The molecule has 1 heterocycles. The molecule has 3 rings (SSSR count). The van der Waals surface area contributed by atoms with E-state index in [1.165, 1.54) is 31.3 Å². The number of hydrogen-bond acceptors (Lipinski definition) is 4. The average molecular weight is 444 g/mol. The van der Waals surface area contributed by atoms with Crippen LogP contribution >= 0.6 is 0 Å². The van der Waals surface area contributed by atoms with Gasteiger partial charge >= 0.3 is 0 Å². The number of anilines is 1.